The first-order chi connectivity index (χ1) is 15.9. The van der Waals surface area contributed by atoms with E-state index in [9.17, 15) is 14.7 Å². The highest BCUT2D eigenvalue weighted by atomic mass is 16.4. The van der Waals surface area contributed by atoms with Crippen molar-refractivity contribution in [2.45, 2.75) is 65.0 Å². The molecule has 2 aliphatic heterocycles. The highest BCUT2D eigenvalue weighted by Crippen LogP contribution is 2.39. The van der Waals surface area contributed by atoms with Gasteiger partial charge in [0.15, 0.2) is 0 Å². The van der Waals surface area contributed by atoms with Crippen LogP contribution in [0.3, 0.4) is 0 Å². The Kier molecular flexibility index (Phi) is 6.53. The summed E-state index contributed by atoms with van der Waals surface area (Å²) in [5.74, 6) is 1.39. The topological polar surface area (TPSA) is 116 Å². The van der Waals surface area contributed by atoms with E-state index in [2.05, 4.69) is 27.1 Å². The van der Waals surface area contributed by atoms with Gasteiger partial charge in [-0.05, 0) is 45.4 Å². The largest absolute Gasteiger partial charge is 0.465 e. The first-order valence-corrected chi connectivity index (χ1v) is 11.8. The Morgan fingerprint density at radius 2 is 1.97 bits per heavy atom. The third-order valence-corrected chi connectivity index (χ3v) is 7.03. The lowest BCUT2D eigenvalue weighted by Gasteiger charge is -2.52. The molecule has 0 spiro atoms. The molecule has 0 aliphatic carbocycles. The quantitative estimate of drug-likeness (QED) is 0.712. The Bertz CT molecular complexity index is 1000. The number of amides is 2. The summed E-state index contributed by atoms with van der Waals surface area (Å²) in [5.41, 5.74) is 1.24. The standard InChI is InChI=1S/C23H33N7O3/c1-4-19-16(2)25-21(29-14-10-24-15-29)26-20(19)28-12-7-18(8-13-28)23(27-17(3)31)9-5-6-11-30(23)22(32)33/h10,14-15,18H,4-9,11-13H2,1-3H3,(H,27,31)(H,32,33). The van der Waals surface area contributed by atoms with Gasteiger partial charge in [0, 0.05) is 56.1 Å². The fourth-order valence-corrected chi connectivity index (χ4v) is 5.53. The molecule has 1 atom stereocenters. The van der Waals surface area contributed by atoms with Crippen LogP contribution in [0.5, 0.6) is 0 Å². The predicted molar refractivity (Wildman–Crippen MR) is 123 cm³/mol. The Balaban J connectivity index is 1.60. The molecule has 33 heavy (non-hydrogen) atoms. The average molecular weight is 456 g/mol. The second kappa shape index (κ2) is 9.36. The van der Waals surface area contributed by atoms with Crippen molar-refractivity contribution in [1.82, 2.24) is 29.7 Å². The molecular weight excluding hydrogens is 422 g/mol. The van der Waals surface area contributed by atoms with Crippen LogP contribution in [0, 0.1) is 12.8 Å². The molecule has 2 aromatic rings. The van der Waals surface area contributed by atoms with Crippen LogP contribution in [0.4, 0.5) is 10.6 Å². The van der Waals surface area contributed by atoms with Crippen LogP contribution in [-0.4, -0.2) is 66.8 Å². The Morgan fingerprint density at radius 1 is 1.21 bits per heavy atom. The number of nitrogens with one attached hydrogen (secondary N) is 1. The van der Waals surface area contributed by atoms with Crippen LogP contribution >= 0.6 is 0 Å². The molecule has 2 aromatic heterocycles. The average Bonchev–Trinajstić information content (AvgIpc) is 3.33. The maximum Gasteiger partial charge on any atom is 0.409 e. The lowest BCUT2D eigenvalue weighted by Crippen LogP contribution is -2.68. The smallest absolute Gasteiger partial charge is 0.409 e. The SMILES string of the molecule is CCc1c(C)nc(-n2ccnc2)nc1N1CCC(C2(NC(C)=O)CCCCN2C(=O)O)CC1. The Hall–Kier alpha value is -3.17. The van der Waals surface area contributed by atoms with Crippen molar-refractivity contribution in [2.24, 2.45) is 5.92 Å². The van der Waals surface area contributed by atoms with Crippen molar-refractivity contribution in [1.29, 1.82) is 0 Å². The molecule has 2 amide bonds. The Morgan fingerprint density at radius 3 is 2.58 bits per heavy atom. The maximum absolute atomic E-state index is 12.1. The lowest BCUT2D eigenvalue weighted by molar-refractivity contribution is -0.127. The van der Waals surface area contributed by atoms with Crippen molar-refractivity contribution in [3.05, 3.63) is 30.0 Å². The summed E-state index contributed by atoms with van der Waals surface area (Å²) in [7, 11) is 0. The molecule has 0 bridgehead atoms. The highest BCUT2D eigenvalue weighted by Gasteiger charge is 2.49. The minimum Gasteiger partial charge on any atom is -0.465 e. The molecule has 2 saturated heterocycles. The van der Waals surface area contributed by atoms with Gasteiger partial charge in [-0.1, -0.05) is 6.92 Å². The van der Waals surface area contributed by atoms with Crippen LogP contribution in [0.1, 0.15) is 57.2 Å². The maximum atomic E-state index is 12.1. The monoisotopic (exact) mass is 455 g/mol. The van der Waals surface area contributed by atoms with Crippen LogP contribution in [0.15, 0.2) is 18.7 Å². The fourth-order valence-electron chi connectivity index (χ4n) is 5.53. The number of aromatic nitrogens is 4. The first-order valence-electron chi connectivity index (χ1n) is 11.8. The van der Waals surface area contributed by atoms with Gasteiger partial charge in [-0.2, -0.15) is 4.98 Å². The number of carboxylic acid groups (broad SMARTS) is 1. The molecular formula is C23H33N7O3. The number of rotatable bonds is 5. The molecule has 10 heteroatoms. The third kappa shape index (κ3) is 4.38. The van der Waals surface area contributed by atoms with Crippen LogP contribution in [0.2, 0.25) is 0 Å². The zero-order valence-electron chi connectivity index (χ0n) is 19.6. The van der Waals surface area contributed by atoms with Gasteiger partial charge in [0.1, 0.15) is 17.8 Å². The number of hydrogen-bond donors (Lipinski definition) is 2. The first kappa shape index (κ1) is 23.0. The fraction of sp³-hybridized carbons (Fsp3) is 0.609. The van der Waals surface area contributed by atoms with E-state index in [0.717, 1.165) is 62.3 Å². The van der Waals surface area contributed by atoms with Crippen molar-refractivity contribution in [2.75, 3.05) is 24.5 Å². The van der Waals surface area contributed by atoms with Crippen molar-refractivity contribution >= 4 is 17.8 Å². The van der Waals surface area contributed by atoms with E-state index in [0.29, 0.717) is 18.9 Å². The van der Waals surface area contributed by atoms with Gasteiger partial charge in [0.05, 0.1) is 0 Å². The summed E-state index contributed by atoms with van der Waals surface area (Å²) in [5, 5.41) is 13.0. The number of hydrogen-bond acceptors (Lipinski definition) is 6. The van der Waals surface area contributed by atoms with E-state index in [-0.39, 0.29) is 11.8 Å². The molecule has 4 heterocycles. The highest BCUT2D eigenvalue weighted by molar-refractivity contribution is 5.75. The van der Waals surface area contributed by atoms with Crippen molar-refractivity contribution in [3.63, 3.8) is 0 Å². The second-order valence-electron chi connectivity index (χ2n) is 8.99. The predicted octanol–water partition coefficient (Wildman–Crippen LogP) is 2.75. The normalized spacial score (nSPS) is 21.8. The molecule has 178 valence electrons. The minimum absolute atomic E-state index is 0.0511. The van der Waals surface area contributed by atoms with E-state index in [1.165, 1.54) is 11.8 Å². The molecule has 0 radical (unpaired) electrons. The molecule has 0 saturated carbocycles. The number of aryl methyl sites for hydroxylation is 1. The molecule has 10 nitrogen and oxygen atoms in total. The van der Waals surface area contributed by atoms with E-state index < -0.39 is 11.8 Å². The summed E-state index contributed by atoms with van der Waals surface area (Å²) in [6.07, 6.45) is 9.03. The number of anilines is 1. The van der Waals surface area contributed by atoms with E-state index in [1.807, 2.05) is 13.1 Å². The number of carbonyl (C=O) groups excluding carboxylic acids is 1. The Labute approximate surface area is 194 Å². The van der Waals surface area contributed by atoms with Crippen molar-refractivity contribution < 1.29 is 14.7 Å². The summed E-state index contributed by atoms with van der Waals surface area (Å²) in [6, 6.07) is 0. The zero-order valence-corrected chi connectivity index (χ0v) is 19.6. The van der Waals surface area contributed by atoms with Gasteiger partial charge < -0.3 is 15.3 Å². The number of nitrogens with zero attached hydrogens (tertiary/aromatic N) is 6. The number of piperidine rings is 2. The van der Waals surface area contributed by atoms with Gasteiger partial charge in [-0.15, -0.1) is 0 Å². The number of carbonyl (C=O) groups is 2. The van der Waals surface area contributed by atoms with Crippen LogP contribution in [0.25, 0.3) is 5.95 Å². The number of imidazole rings is 1. The zero-order chi connectivity index (χ0) is 23.6. The summed E-state index contributed by atoms with van der Waals surface area (Å²) >= 11 is 0. The van der Waals surface area contributed by atoms with Gasteiger partial charge in [-0.3, -0.25) is 14.3 Å². The second-order valence-corrected chi connectivity index (χ2v) is 8.99. The van der Waals surface area contributed by atoms with Crippen molar-refractivity contribution in [3.8, 4) is 5.95 Å². The van der Waals surface area contributed by atoms with E-state index in [4.69, 9.17) is 4.98 Å². The number of likely N-dealkylation sites (tertiary alicyclic amines) is 1. The van der Waals surface area contributed by atoms with Gasteiger partial charge in [-0.25, -0.2) is 14.8 Å². The van der Waals surface area contributed by atoms with E-state index >= 15 is 0 Å². The molecule has 2 N–H and O–H groups in total. The summed E-state index contributed by atoms with van der Waals surface area (Å²) in [4.78, 5) is 41.6. The van der Waals surface area contributed by atoms with Crippen LogP contribution in [-0.2, 0) is 11.2 Å². The summed E-state index contributed by atoms with van der Waals surface area (Å²) < 4.78 is 1.81. The lowest BCUT2D eigenvalue weighted by atomic mass is 9.77. The van der Waals surface area contributed by atoms with E-state index in [1.54, 1.807) is 17.1 Å². The van der Waals surface area contributed by atoms with Gasteiger partial charge in [0.2, 0.25) is 11.9 Å². The molecule has 4 rings (SSSR count). The van der Waals surface area contributed by atoms with Gasteiger partial charge in [0.25, 0.3) is 0 Å². The third-order valence-electron chi connectivity index (χ3n) is 7.03. The van der Waals surface area contributed by atoms with Gasteiger partial charge >= 0.3 is 6.09 Å². The molecule has 2 aliphatic rings. The minimum atomic E-state index is -0.962. The molecule has 1 unspecified atom stereocenters. The molecule has 0 aromatic carbocycles. The molecule has 2 fully saturated rings. The van der Waals surface area contributed by atoms with Crippen LogP contribution < -0.4 is 10.2 Å². The summed E-state index contributed by atoms with van der Waals surface area (Å²) in [6.45, 7) is 7.53.